The number of aromatic nitrogens is 6. The van der Waals surface area contributed by atoms with Crippen molar-refractivity contribution in [3.8, 4) is 0 Å². The number of esters is 2. The number of hydrogen-bond donors (Lipinski definition) is 6. The minimum Gasteiger partial charge on any atom is -0.461 e. The smallest absolute Gasteiger partial charge is 0.329 e. The highest BCUT2D eigenvalue weighted by atomic mass is 33.1. The lowest BCUT2D eigenvalue weighted by Gasteiger charge is -2.37. The first-order valence-corrected chi connectivity index (χ1v) is 27.1. The number of H-pyrrole nitrogens is 1. The van der Waals surface area contributed by atoms with Gasteiger partial charge < -0.3 is 60.6 Å². The van der Waals surface area contributed by atoms with Crippen LogP contribution in [-0.2, 0) is 59.2 Å². The Morgan fingerprint density at radius 1 is 0.692 bits per heavy atom. The van der Waals surface area contributed by atoms with E-state index in [0.29, 0.717) is 11.0 Å². The van der Waals surface area contributed by atoms with Crippen molar-refractivity contribution in [1.82, 2.24) is 70.4 Å². The minimum absolute atomic E-state index is 0.0546. The number of anilines is 1. The number of likely N-dealkylation sites (N-methyl/N-ethyl adjacent to an activating group) is 4. The summed E-state index contributed by atoms with van der Waals surface area (Å²) in [4.78, 5) is 178. The zero-order valence-corrected chi connectivity index (χ0v) is 46.1. The fourth-order valence-corrected chi connectivity index (χ4v) is 11.3. The molecule has 28 nitrogen and oxygen atoms in total. The molecule has 2 bridgehead atoms. The maximum Gasteiger partial charge on any atom is 0.329 e. The summed E-state index contributed by atoms with van der Waals surface area (Å²) in [5.74, 6) is -10.8. The van der Waals surface area contributed by atoms with Gasteiger partial charge in [0.25, 0.3) is 11.5 Å². The van der Waals surface area contributed by atoms with Crippen molar-refractivity contribution in [2.45, 2.75) is 96.4 Å². The Labute approximate surface area is 454 Å². The van der Waals surface area contributed by atoms with Crippen LogP contribution >= 0.6 is 21.6 Å². The molecule has 2 aliphatic heterocycles. The number of hydrogen-bond acceptors (Lipinski definition) is 20. The summed E-state index contributed by atoms with van der Waals surface area (Å²) in [7, 11) is 7.35. The van der Waals surface area contributed by atoms with Crippen LogP contribution in [0.15, 0.2) is 41.6 Å². The largest absolute Gasteiger partial charge is 0.461 e. The Hall–Kier alpha value is -7.89. The molecule has 0 aliphatic carbocycles. The molecule has 2 fully saturated rings. The number of imidazole rings is 1. The van der Waals surface area contributed by atoms with Gasteiger partial charge in [-0.1, -0.05) is 61.4 Å². The van der Waals surface area contributed by atoms with E-state index in [1.807, 2.05) is 0 Å². The molecule has 420 valence electrons. The van der Waals surface area contributed by atoms with Gasteiger partial charge in [0.05, 0.1) is 23.6 Å². The molecule has 5 heterocycles. The molecule has 2 saturated heterocycles. The normalized spacial score (nSPS) is 24.5. The van der Waals surface area contributed by atoms with Gasteiger partial charge in [-0.25, -0.2) is 19.6 Å². The number of nitrogens with two attached hydrogens (primary N) is 1. The molecule has 0 unspecified atom stereocenters. The molecule has 4 aromatic rings. The standard InChI is InChI=1S/C48H63N15O13S2/c1-22(2)35-46(73)75-17-29(55-33(64)16-63-21-51-34-37(63)57-48(49)58-41(34)68)39(66)52-24(5)42(69)59(7)31-19-77-78-20-32(44(71)61(35)9)60(8)43(70)25(6)53-40(67)30(18-76-47(74)36(23(3)4)62(10)45(31)72)56-38(65)28-15-50-26-13-11-12-14-27(26)54-28/h11-15,21-25,29-32,35-36H,16-20H2,1-10H3,(H,52,66)(H,53,67)(H,55,64)(H,56,65)(H3,49,57,58,68)/t24-,25-,29+,30+,31-,32-,35-,36-/m0/s1. The predicted octanol–water partition coefficient (Wildman–Crippen LogP) is -1.95. The average molecular weight is 1120 g/mol. The number of nitrogens with zero attached hydrogens (tertiary/aromatic N) is 9. The third kappa shape index (κ3) is 13.6. The first kappa shape index (κ1) is 59.4. The fraction of sp³-hybridized carbons (Fsp3) is 0.521. The van der Waals surface area contributed by atoms with E-state index in [0.717, 1.165) is 47.5 Å². The van der Waals surface area contributed by atoms with E-state index in [1.54, 1.807) is 52.0 Å². The van der Waals surface area contributed by atoms with Crippen LogP contribution in [0.2, 0.25) is 0 Å². The Bertz CT molecular complexity index is 3050. The number of para-hydroxylation sites is 2. The van der Waals surface area contributed by atoms with Crippen LogP contribution in [0, 0.1) is 11.8 Å². The second kappa shape index (κ2) is 25.5. The summed E-state index contributed by atoms with van der Waals surface area (Å²) in [6, 6.07) is -4.93. The zero-order chi connectivity index (χ0) is 57.4. The quantitative estimate of drug-likeness (QED) is 0.0865. The first-order chi connectivity index (χ1) is 36.8. The molecule has 1 aromatic carbocycles. The molecule has 2 aliphatic rings. The monoisotopic (exact) mass is 1120 g/mol. The van der Waals surface area contributed by atoms with E-state index in [9.17, 15) is 52.7 Å². The molecule has 8 atom stereocenters. The van der Waals surface area contributed by atoms with Gasteiger partial charge in [-0.3, -0.25) is 53.1 Å². The number of aromatic amines is 1. The topological polar surface area (TPSA) is 366 Å². The third-order valence-corrected chi connectivity index (χ3v) is 15.4. The molecule has 6 rings (SSSR count). The SMILES string of the molecule is CC(C)[C@H]1C(=O)OC[C@@H](NC(=O)c2cnc3ccccc3n2)C(=O)N[C@@H](C)C(=O)N(C)[C@H]2CSSC[C@@H](C(=O)N1C)N(C)C(=O)[C@H](C)NC(=O)[C@H](NC(=O)Cn1cnc3c(=O)[nH]c(N)nc31)COC(=O)[C@H](C(C)C)N(C)C2=O. The highest BCUT2D eigenvalue weighted by Crippen LogP contribution is 2.29. The van der Waals surface area contributed by atoms with Crippen LogP contribution in [0.4, 0.5) is 5.95 Å². The summed E-state index contributed by atoms with van der Waals surface area (Å²) in [6.07, 6.45) is 2.34. The number of nitrogen functional groups attached to an aromatic ring is 1. The van der Waals surface area contributed by atoms with Crippen molar-refractivity contribution < 1.29 is 57.4 Å². The van der Waals surface area contributed by atoms with Crippen molar-refractivity contribution in [1.29, 1.82) is 0 Å². The fourth-order valence-electron chi connectivity index (χ4n) is 8.74. The predicted molar refractivity (Wildman–Crippen MR) is 283 cm³/mol. The average Bonchev–Trinajstić information content (AvgIpc) is 3.80. The number of ether oxygens (including phenoxy) is 2. The Kier molecular flexibility index (Phi) is 19.4. The second-order valence-corrected chi connectivity index (χ2v) is 21.9. The zero-order valence-electron chi connectivity index (χ0n) is 44.5. The van der Waals surface area contributed by atoms with Crippen molar-refractivity contribution >= 4 is 109 Å². The van der Waals surface area contributed by atoms with E-state index >= 15 is 0 Å². The number of carbonyl (C=O) groups excluding carboxylic acids is 10. The van der Waals surface area contributed by atoms with E-state index in [2.05, 4.69) is 46.2 Å². The van der Waals surface area contributed by atoms with Gasteiger partial charge in [0.15, 0.2) is 11.2 Å². The lowest BCUT2D eigenvalue weighted by atomic mass is 10.0. The molecule has 3 aromatic heterocycles. The number of cyclic esters (lactones) is 2. The number of nitrogens with one attached hydrogen (secondary N) is 5. The van der Waals surface area contributed by atoms with Crippen LogP contribution in [0.3, 0.4) is 0 Å². The maximum atomic E-state index is 14.8. The van der Waals surface area contributed by atoms with Crippen molar-refractivity contribution in [2.24, 2.45) is 11.8 Å². The molecule has 0 saturated carbocycles. The number of rotatable bonds is 7. The number of benzene rings is 1. The minimum atomic E-state index is -1.70. The maximum absolute atomic E-state index is 14.8. The molecular weight excluding hydrogens is 1060 g/mol. The highest BCUT2D eigenvalue weighted by molar-refractivity contribution is 8.76. The molecule has 0 spiro atoms. The van der Waals surface area contributed by atoms with Crippen LogP contribution < -0.4 is 32.6 Å². The van der Waals surface area contributed by atoms with Gasteiger partial charge in [-0.2, -0.15) is 4.98 Å². The van der Waals surface area contributed by atoms with Crippen LogP contribution in [0.1, 0.15) is 52.0 Å². The lowest BCUT2D eigenvalue weighted by molar-refractivity contribution is -0.160. The van der Waals surface area contributed by atoms with Gasteiger partial charge in [0, 0.05) is 39.7 Å². The molecule has 8 amide bonds. The van der Waals surface area contributed by atoms with Gasteiger partial charge >= 0.3 is 11.9 Å². The third-order valence-electron chi connectivity index (χ3n) is 13.0. The molecular formula is C48H63N15O13S2. The van der Waals surface area contributed by atoms with Gasteiger partial charge in [-0.15, -0.1) is 0 Å². The van der Waals surface area contributed by atoms with Crippen LogP contribution in [0.25, 0.3) is 22.2 Å². The van der Waals surface area contributed by atoms with Crippen molar-refractivity contribution in [2.75, 3.05) is 58.6 Å². The van der Waals surface area contributed by atoms with Crippen LogP contribution in [-0.4, -0.2) is 210 Å². The highest BCUT2D eigenvalue weighted by Gasteiger charge is 2.42. The van der Waals surface area contributed by atoms with Crippen molar-refractivity contribution in [3.63, 3.8) is 0 Å². The lowest BCUT2D eigenvalue weighted by Crippen LogP contribution is -2.60. The van der Waals surface area contributed by atoms with E-state index in [1.165, 1.54) is 52.8 Å². The van der Waals surface area contributed by atoms with Gasteiger partial charge in [-0.05, 0) is 37.8 Å². The van der Waals surface area contributed by atoms with Crippen LogP contribution in [0.5, 0.6) is 0 Å². The Balaban J connectivity index is 1.38. The van der Waals surface area contributed by atoms with E-state index < -0.39 is 145 Å². The first-order valence-electron chi connectivity index (χ1n) is 24.6. The molecule has 78 heavy (non-hydrogen) atoms. The number of amides is 8. The summed E-state index contributed by atoms with van der Waals surface area (Å²) in [6.45, 7) is 6.95. The van der Waals surface area contributed by atoms with Crippen molar-refractivity contribution in [3.05, 3.63) is 52.8 Å². The summed E-state index contributed by atoms with van der Waals surface area (Å²) < 4.78 is 12.6. The summed E-state index contributed by atoms with van der Waals surface area (Å²) in [5, 5.41) is 10.1. The van der Waals surface area contributed by atoms with E-state index in [4.69, 9.17) is 15.2 Å². The van der Waals surface area contributed by atoms with Gasteiger partial charge in [0.2, 0.25) is 47.3 Å². The molecule has 30 heteroatoms. The van der Waals surface area contributed by atoms with Gasteiger partial charge in [0.1, 0.15) is 73.8 Å². The number of fused-ring (bicyclic) bond motifs is 7. The Morgan fingerprint density at radius 3 is 1.68 bits per heavy atom. The second-order valence-electron chi connectivity index (χ2n) is 19.4. The summed E-state index contributed by atoms with van der Waals surface area (Å²) in [5.41, 5.74) is 5.53. The number of carbonyl (C=O) groups is 10. The summed E-state index contributed by atoms with van der Waals surface area (Å²) >= 11 is 0. The molecule has 0 radical (unpaired) electrons. The van der Waals surface area contributed by atoms with E-state index in [-0.39, 0.29) is 34.3 Å². The Morgan fingerprint density at radius 2 is 1.18 bits per heavy atom. The molecule has 7 N–H and O–H groups in total.